The fraction of sp³-hybridized carbons (Fsp3) is 0.500. The van der Waals surface area contributed by atoms with Crippen LogP contribution in [0.3, 0.4) is 0 Å². The highest BCUT2D eigenvalue weighted by atomic mass is 16.6. The number of likely N-dealkylation sites (N-methyl/N-ethyl adjacent to an activating group) is 1. The number of aromatic nitrogens is 2. The van der Waals surface area contributed by atoms with Gasteiger partial charge in [-0.25, -0.2) is 14.8 Å². The SMILES string of the molecule is CCCOc1ccc2cc1-c1cc(ccc1OCCC)[C@H](N(C)C(=O)[C@H](CCNC(=O)OC(C)(C)C)CC(=O)c1c(C)nc(-c3ccc(C(C)(C)C)cc3)nc1C)C(=O)C[C@@H](C)C(=O)N[C@H](C(=O)CCC#N)C2. The summed E-state index contributed by atoms with van der Waals surface area (Å²) in [4.78, 5) is 96.2. The molecule has 0 saturated heterocycles. The van der Waals surface area contributed by atoms with Gasteiger partial charge < -0.3 is 29.7 Å². The van der Waals surface area contributed by atoms with Crippen molar-refractivity contribution in [1.29, 1.82) is 5.26 Å². The van der Waals surface area contributed by atoms with Crippen molar-refractivity contribution < 1.29 is 43.0 Å². The average Bonchev–Trinajstić information content (AvgIpc) is 3.32. The Morgan fingerprint density at radius 1 is 0.863 bits per heavy atom. The van der Waals surface area contributed by atoms with Gasteiger partial charge in [0.2, 0.25) is 11.8 Å². The molecule has 1 aliphatic heterocycles. The summed E-state index contributed by atoms with van der Waals surface area (Å²) in [6, 6.07) is 18.5. The van der Waals surface area contributed by atoms with E-state index in [4.69, 9.17) is 24.2 Å². The molecule has 3 aromatic carbocycles. The van der Waals surface area contributed by atoms with Crippen LogP contribution in [0, 0.1) is 37.0 Å². The van der Waals surface area contributed by atoms with Gasteiger partial charge in [0, 0.05) is 67.8 Å². The number of Topliss-reactive ketones (excluding diaryl/α,β-unsaturated/α-hetero) is 3. The minimum Gasteiger partial charge on any atom is -0.493 e. The highest BCUT2D eigenvalue weighted by Crippen LogP contribution is 2.41. The molecule has 0 saturated carbocycles. The van der Waals surface area contributed by atoms with E-state index in [1.165, 1.54) is 11.9 Å². The number of nitrogens with one attached hydrogen (secondary N) is 2. The van der Waals surface area contributed by atoms with Crippen molar-refractivity contribution in [1.82, 2.24) is 25.5 Å². The minimum absolute atomic E-state index is 0.00772. The quantitative estimate of drug-likeness (QED) is 0.0893. The summed E-state index contributed by atoms with van der Waals surface area (Å²) < 4.78 is 18.1. The van der Waals surface area contributed by atoms with Crippen LogP contribution < -0.4 is 20.1 Å². The van der Waals surface area contributed by atoms with Gasteiger partial charge in [0.05, 0.1) is 42.3 Å². The van der Waals surface area contributed by atoms with E-state index in [1.54, 1.807) is 65.8 Å². The number of ether oxygens (including phenoxy) is 3. The lowest BCUT2D eigenvalue weighted by atomic mass is 9.86. The van der Waals surface area contributed by atoms with E-state index in [0.717, 1.165) is 11.1 Å². The Balaban J connectivity index is 1.62. The zero-order valence-corrected chi connectivity index (χ0v) is 44.8. The fourth-order valence-corrected chi connectivity index (χ4v) is 8.88. The molecule has 15 heteroatoms. The molecule has 4 bridgehead atoms. The monoisotopic (exact) mass is 999 g/mol. The van der Waals surface area contributed by atoms with Crippen LogP contribution in [-0.2, 0) is 35.8 Å². The van der Waals surface area contributed by atoms with Crippen molar-refractivity contribution >= 4 is 35.3 Å². The van der Waals surface area contributed by atoms with Crippen molar-refractivity contribution in [3.05, 3.63) is 94.3 Å². The van der Waals surface area contributed by atoms with Crippen molar-refractivity contribution in [2.45, 2.75) is 151 Å². The average molecular weight is 999 g/mol. The van der Waals surface area contributed by atoms with E-state index in [1.807, 2.05) is 56.3 Å². The number of aryl methyl sites for hydroxylation is 2. The van der Waals surface area contributed by atoms with Crippen LogP contribution in [0.15, 0.2) is 60.7 Å². The summed E-state index contributed by atoms with van der Waals surface area (Å²) in [5, 5.41) is 14.9. The van der Waals surface area contributed by atoms with Gasteiger partial charge in [-0.05, 0) is 107 Å². The van der Waals surface area contributed by atoms with Crippen LogP contribution in [0.25, 0.3) is 22.5 Å². The molecule has 1 aliphatic rings. The third-order valence-electron chi connectivity index (χ3n) is 12.7. The molecule has 390 valence electrons. The van der Waals surface area contributed by atoms with Gasteiger partial charge >= 0.3 is 6.09 Å². The number of alkyl carbamates (subject to hydrolysis) is 1. The molecular formula is C58H74N6O9. The van der Waals surface area contributed by atoms with E-state index in [2.05, 4.69) is 31.4 Å². The standard InChI is InChI=1S/C58H74N6O9/c1-13-28-71-49-23-17-38-31-43(49)44-33-40(20-24-50(44)72-29-14-2)52(48(67)30-35(3)54(68)63-45(32-38)46(65)16-15-26-59)64(12)55(69)41(25-27-60-56(70)73-58(9,10)11)34-47(66)51-36(4)61-53(62-37(51)5)39-18-21-42(22-19-39)57(6,7)8/h17-24,31,33,35,41,45,52H,13-16,25,27-30,32,34H2,1-12H3,(H,60,70)(H,63,68)/t35-,41-,45+,52+/m1/s1. The van der Waals surface area contributed by atoms with Crippen molar-refractivity contribution in [3.63, 3.8) is 0 Å². The summed E-state index contributed by atoms with van der Waals surface area (Å²) in [5.74, 6) is -2.85. The second kappa shape index (κ2) is 25.1. The first-order chi connectivity index (χ1) is 34.5. The highest BCUT2D eigenvalue weighted by molar-refractivity contribution is 6.01. The summed E-state index contributed by atoms with van der Waals surface area (Å²) in [7, 11) is 1.50. The predicted molar refractivity (Wildman–Crippen MR) is 280 cm³/mol. The summed E-state index contributed by atoms with van der Waals surface area (Å²) in [6.45, 7) is 21.4. The van der Waals surface area contributed by atoms with Crippen LogP contribution in [0.2, 0.25) is 0 Å². The molecule has 5 rings (SSSR count). The van der Waals surface area contributed by atoms with Crippen LogP contribution >= 0.6 is 0 Å². The molecule has 15 nitrogen and oxygen atoms in total. The molecule has 4 aromatic rings. The normalized spacial score (nSPS) is 16.5. The number of carbonyl (C=O) groups is 6. The van der Waals surface area contributed by atoms with Crippen molar-refractivity contribution in [3.8, 4) is 40.1 Å². The van der Waals surface area contributed by atoms with E-state index < -0.39 is 59.0 Å². The molecule has 0 unspecified atom stereocenters. The molecular weight excluding hydrogens is 925 g/mol. The third-order valence-corrected chi connectivity index (χ3v) is 12.7. The maximum Gasteiger partial charge on any atom is 0.407 e. The highest BCUT2D eigenvalue weighted by Gasteiger charge is 2.37. The van der Waals surface area contributed by atoms with Gasteiger partial charge in [-0.1, -0.05) is 77.9 Å². The zero-order chi connectivity index (χ0) is 53.8. The lowest BCUT2D eigenvalue weighted by Gasteiger charge is -2.32. The van der Waals surface area contributed by atoms with Crippen LogP contribution in [-0.4, -0.2) is 88.6 Å². The van der Waals surface area contributed by atoms with Gasteiger partial charge in [-0.15, -0.1) is 0 Å². The number of nitriles is 1. The first-order valence-electron chi connectivity index (χ1n) is 25.4. The first kappa shape index (κ1) is 57.0. The Morgan fingerprint density at radius 2 is 1.47 bits per heavy atom. The van der Waals surface area contributed by atoms with Crippen molar-refractivity contribution in [2.75, 3.05) is 26.8 Å². The number of hydrogen-bond donors (Lipinski definition) is 2. The lowest BCUT2D eigenvalue weighted by molar-refractivity contribution is -0.142. The largest absolute Gasteiger partial charge is 0.493 e. The Hall–Kier alpha value is -6.95. The first-order valence-corrected chi connectivity index (χ1v) is 25.4. The smallest absolute Gasteiger partial charge is 0.407 e. The van der Waals surface area contributed by atoms with E-state index in [0.29, 0.717) is 77.0 Å². The van der Waals surface area contributed by atoms with E-state index in [9.17, 15) is 24.4 Å². The number of carbonyl (C=O) groups excluding carboxylic acids is 6. The van der Waals surface area contributed by atoms with E-state index >= 15 is 9.59 Å². The Morgan fingerprint density at radius 3 is 2.04 bits per heavy atom. The van der Waals surface area contributed by atoms with Gasteiger partial charge in [0.25, 0.3) is 0 Å². The van der Waals surface area contributed by atoms with E-state index in [-0.39, 0.29) is 61.8 Å². The second-order valence-corrected chi connectivity index (χ2v) is 21.1. The molecule has 4 atom stereocenters. The number of rotatable bonds is 18. The lowest BCUT2D eigenvalue weighted by Crippen LogP contribution is -2.46. The molecule has 3 amide bonds. The molecule has 73 heavy (non-hydrogen) atoms. The molecule has 0 radical (unpaired) electrons. The summed E-state index contributed by atoms with van der Waals surface area (Å²) in [6.07, 6.45) is 0.0805. The molecule has 0 aliphatic carbocycles. The Kier molecular flexibility index (Phi) is 19.6. The zero-order valence-electron chi connectivity index (χ0n) is 44.8. The molecule has 2 heterocycles. The minimum atomic E-state index is -1.28. The number of ketones is 3. The number of nitrogens with zero attached hydrogens (tertiary/aromatic N) is 4. The molecule has 2 N–H and O–H groups in total. The van der Waals surface area contributed by atoms with Gasteiger partial charge in [-0.3, -0.25) is 24.0 Å². The number of fused-ring (bicyclic) bond motifs is 5. The Labute approximate surface area is 431 Å². The van der Waals surface area contributed by atoms with Gasteiger partial charge in [-0.2, -0.15) is 5.26 Å². The third kappa shape index (κ3) is 15.3. The van der Waals surface area contributed by atoms with Crippen molar-refractivity contribution in [2.24, 2.45) is 11.8 Å². The number of hydrogen-bond acceptors (Lipinski definition) is 12. The van der Waals surface area contributed by atoms with Crippen LogP contribution in [0.1, 0.15) is 152 Å². The van der Waals surface area contributed by atoms with Crippen LogP contribution in [0.4, 0.5) is 4.79 Å². The maximum atomic E-state index is 15.3. The topological polar surface area (TPSA) is 207 Å². The second-order valence-electron chi connectivity index (χ2n) is 21.1. The summed E-state index contributed by atoms with van der Waals surface area (Å²) >= 11 is 0. The molecule has 0 spiro atoms. The Bertz CT molecular complexity index is 2670. The van der Waals surface area contributed by atoms with Gasteiger partial charge in [0.15, 0.2) is 23.2 Å². The number of amides is 3. The molecule has 0 fully saturated rings. The number of benzene rings is 3. The maximum absolute atomic E-state index is 15.3. The predicted octanol–water partition coefficient (Wildman–Crippen LogP) is 10.1. The molecule has 1 aromatic heterocycles. The van der Waals surface area contributed by atoms with Crippen LogP contribution in [0.5, 0.6) is 11.5 Å². The fourth-order valence-electron chi connectivity index (χ4n) is 8.88. The van der Waals surface area contributed by atoms with Gasteiger partial charge in [0.1, 0.15) is 23.1 Å². The summed E-state index contributed by atoms with van der Waals surface area (Å²) in [5.41, 5.74) is 4.54.